The van der Waals surface area contributed by atoms with Gasteiger partial charge in [-0.2, -0.15) is 18.4 Å². The van der Waals surface area contributed by atoms with Crippen molar-refractivity contribution in [2.75, 3.05) is 12.4 Å². The SMILES string of the molecule is COc1ccc(/C=C(/C#N)C(=O)Nc2cccc(C(F)(F)F)c2)cc1COc1c(C)cccc1C. The van der Waals surface area contributed by atoms with E-state index in [1.54, 1.807) is 24.3 Å². The molecule has 0 saturated heterocycles. The Morgan fingerprint density at radius 1 is 1.06 bits per heavy atom. The van der Waals surface area contributed by atoms with Crippen LogP contribution in [-0.2, 0) is 17.6 Å². The first-order valence-electron chi connectivity index (χ1n) is 10.6. The van der Waals surface area contributed by atoms with Gasteiger partial charge in [0.25, 0.3) is 5.91 Å². The molecule has 0 aliphatic carbocycles. The van der Waals surface area contributed by atoms with E-state index in [2.05, 4.69) is 5.32 Å². The number of para-hydroxylation sites is 1. The molecule has 1 N–H and O–H groups in total. The molecule has 3 aromatic rings. The van der Waals surface area contributed by atoms with Crippen molar-refractivity contribution >= 4 is 17.7 Å². The van der Waals surface area contributed by atoms with Gasteiger partial charge in [-0.1, -0.05) is 30.3 Å². The van der Waals surface area contributed by atoms with E-state index in [4.69, 9.17) is 9.47 Å². The van der Waals surface area contributed by atoms with Crippen LogP contribution in [0.15, 0.2) is 66.2 Å². The molecule has 3 aromatic carbocycles. The second-order valence-corrected chi connectivity index (χ2v) is 7.78. The van der Waals surface area contributed by atoms with Crippen LogP contribution in [0.5, 0.6) is 11.5 Å². The number of carbonyl (C=O) groups is 1. The highest BCUT2D eigenvalue weighted by atomic mass is 19.4. The second kappa shape index (κ2) is 10.8. The van der Waals surface area contributed by atoms with Gasteiger partial charge in [0.15, 0.2) is 0 Å². The molecule has 0 unspecified atom stereocenters. The fourth-order valence-corrected chi connectivity index (χ4v) is 3.46. The second-order valence-electron chi connectivity index (χ2n) is 7.78. The third-order valence-electron chi connectivity index (χ3n) is 5.21. The Bertz CT molecular complexity index is 1290. The first-order valence-corrected chi connectivity index (χ1v) is 10.6. The van der Waals surface area contributed by atoms with Gasteiger partial charge in [0.1, 0.15) is 29.7 Å². The molecule has 0 atom stereocenters. The number of benzene rings is 3. The van der Waals surface area contributed by atoms with E-state index in [0.29, 0.717) is 16.9 Å². The molecule has 0 fully saturated rings. The van der Waals surface area contributed by atoms with Crippen LogP contribution >= 0.6 is 0 Å². The number of hydrogen-bond donors (Lipinski definition) is 1. The van der Waals surface area contributed by atoms with Crippen molar-refractivity contribution in [3.05, 3.63) is 94.1 Å². The largest absolute Gasteiger partial charge is 0.496 e. The molecule has 0 spiro atoms. The zero-order valence-corrected chi connectivity index (χ0v) is 19.4. The van der Waals surface area contributed by atoms with Gasteiger partial charge in [0, 0.05) is 11.3 Å². The fraction of sp³-hybridized carbons (Fsp3) is 0.185. The van der Waals surface area contributed by atoms with Crippen LogP contribution in [0, 0.1) is 25.2 Å². The standard InChI is InChI=1S/C27H23F3N2O3/c1-17-6-4-7-18(2)25(17)35-16-21-13-19(10-11-24(21)34-3)12-20(15-31)26(33)32-23-9-5-8-22(14-23)27(28,29)30/h4-14H,16H2,1-3H3,(H,32,33)/b20-12-. The third-order valence-corrected chi connectivity index (χ3v) is 5.21. The molecule has 1 amide bonds. The number of aryl methyl sites for hydroxylation is 2. The number of anilines is 1. The Morgan fingerprint density at radius 3 is 2.37 bits per heavy atom. The molecule has 0 aromatic heterocycles. The summed E-state index contributed by atoms with van der Waals surface area (Å²) < 4.78 is 50.2. The molecule has 0 heterocycles. The summed E-state index contributed by atoms with van der Waals surface area (Å²) >= 11 is 0. The molecule has 35 heavy (non-hydrogen) atoms. The van der Waals surface area contributed by atoms with Gasteiger partial charge in [-0.25, -0.2) is 0 Å². The minimum Gasteiger partial charge on any atom is -0.496 e. The van der Waals surface area contributed by atoms with Crippen molar-refractivity contribution in [3.63, 3.8) is 0 Å². The van der Waals surface area contributed by atoms with Gasteiger partial charge >= 0.3 is 6.18 Å². The van der Waals surface area contributed by atoms with E-state index in [9.17, 15) is 23.2 Å². The summed E-state index contributed by atoms with van der Waals surface area (Å²) in [6, 6.07) is 16.9. The Hall–Kier alpha value is -4.25. The maximum absolute atomic E-state index is 12.9. The normalized spacial score (nSPS) is 11.5. The van der Waals surface area contributed by atoms with Crippen LogP contribution in [0.3, 0.4) is 0 Å². The predicted octanol–water partition coefficient (Wildman–Crippen LogP) is 6.46. The fourth-order valence-electron chi connectivity index (χ4n) is 3.46. The number of ether oxygens (including phenoxy) is 2. The number of nitrogens with zero attached hydrogens (tertiary/aromatic N) is 1. The van der Waals surface area contributed by atoms with Crippen LogP contribution in [0.1, 0.15) is 27.8 Å². The maximum Gasteiger partial charge on any atom is 0.416 e. The number of hydrogen-bond acceptors (Lipinski definition) is 4. The van der Waals surface area contributed by atoms with Gasteiger partial charge in [-0.15, -0.1) is 0 Å². The number of carbonyl (C=O) groups excluding carboxylic acids is 1. The summed E-state index contributed by atoms with van der Waals surface area (Å²) in [5.74, 6) is 0.505. The van der Waals surface area contributed by atoms with E-state index in [1.165, 1.54) is 25.3 Å². The molecular weight excluding hydrogens is 457 g/mol. The van der Waals surface area contributed by atoms with Crippen molar-refractivity contribution in [2.24, 2.45) is 0 Å². The highest BCUT2D eigenvalue weighted by Gasteiger charge is 2.30. The zero-order chi connectivity index (χ0) is 25.6. The van der Waals surface area contributed by atoms with Crippen LogP contribution in [-0.4, -0.2) is 13.0 Å². The third kappa shape index (κ3) is 6.42. The lowest BCUT2D eigenvalue weighted by Gasteiger charge is -2.14. The van der Waals surface area contributed by atoms with Gasteiger partial charge in [0.2, 0.25) is 0 Å². The summed E-state index contributed by atoms with van der Waals surface area (Å²) in [7, 11) is 1.52. The number of alkyl halides is 3. The highest BCUT2D eigenvalue weighted by Crippen LogP contribution is 2.31. The van der Waals surface area contributed by atoms with Crippen molar-refractivity contribution in [3.8, 4) is 17.6 Å². The number of amides is 1. The van der Waals surface area contributed by atoms with E-state index in [0.717, 1.165) is 29.0 Å². The molecule has 0 aliphatic heterocycles. The summed E-state index contributed by atoms with van der Waals surface area (Å²) in [5.41, 5.74) is 1.95. The maximum atomic E-state index is 12.9. The lowest BCUT2D eigenvalue weighted by molar-refractivity contribution is -0.137. The number of halogens is 3. The number of nitriles is 1. The van der Waals surface area contributed by atoms with Gasteiger partial charge in [-0.05, 0) is 66.9 Å². The van der Waals surface area contributed by atoms with Crippen molar-refractivity contribution in [1.82, 2.24) is 0 Å². The number of rotatable bonds is 7. The predicted molar refractivity (Wildman–Crippen MR) is 127 cm³/mol. The van der Waals surface area contributed by atoms with Crippen LogP contribution in [0.2, 0.25) is 0 Å². The quantitative estimate of drug-likeness (QED) is 0.311. The lowest BCUT2D eigenvalue weighted by Crippen LogP contribution is -2.14. The molecule has 0 saturated carbocycles. The molecule has 8 heteroatoms. The van der Waals surface area contributed by atoms with Crippen molar-refractivity contribution in [1.29, 1.82) is 5.26 Å². The van der Waals surface area contributed by atoms with E-state index in [1.807, 2.05) is 32.0 Å². The Labute approximate surface area is 201 Å². The van der Waals surface area contributed by atoms with Crippen molar-refractivity contribution < 1.29 is 27.4 Å². The topological polar surface area (TPSA) is 71.3 Å². The molecule has 180 valence electrons. The Kier molecular flexibility index (Phi) is 7.82. The molecule has 3 rings (SSSR count). The van der Waals surface area contributed by atoms with E-state index >= 15 is 0 Å². The minimum atomic E-state index is -4.55. The van der Waals surface area contributed by atoms with Gasteiger partial charge in [0.05, 0.1) is 12.7 Å². The zero-order valence-electron chi connectivity index (χ0n) is 19.4. The summed E-state index contributed by atoms with van der Waals surface area (Å²) in [6.07, 6.45) is -3.20. The number of nitrogens with one attached hydrogen (secondary N) is 1. The van der Waals surface area contributed by atoms with Crippen LogP contribution in [0.4, 0.5) is 18.9 Å². The molecule has 0 aliphatic rings. The monoisotopic (exact) mass is 480 g/mol. The Morgan fingerprint density at radius 2 is 1.74 bits per heavy atom. The van der Waals surface area contributed by atoms with Gasteiger partial charge < -0.3 is 14.8 Å². The number of methoxy groups -OCH3 is 1. The summed E-state index contributed by atoms with van der Waals surface area (Å²) in [4.78, 5) is 12.6. The Balaban J connectivity index is 1.83. The smallest absolute Gasteiger partial charge is 0.416 e. The van der Waals surface area contributed by atoms with Gasteiger partial charge in [-0.3, -0.25) is 4.79 Å². The van der Waals surface area contributed by atoms with Crippen LogP contribution < -0.4 is 14.8 Å². The molecule has 0 bridgehead atoms. The van der Waals surface area contributed by atoms with Crippen molar-refractivity contribution in [2.45, 2.75) is 26.6 Å². The first-order chi connectivity index (χ1) is 16.6. The molecule has 0 radical (unpaired) electrons. The average molecular weight is 480 g/mol. The molecule has 5 nitrogen and oxygen atoms in total. The summed E-state index contributed by atoms with van der Waals surface area (Å²) in [5, 5.41) is 11.8. The van der Waals surface area contributed by atoms with E-state index in [-0.39, 0.29) is 17.9 Å². The first kappa shape index (κ1) is 25.4. The van der Waals surface area contributed by atoms with E-state index < -0.39 is 17.6 Å². The molecular formula is C27H23F3N2O3. The lowest BCUT2D eigenvalue weighted by atomic mass is 10.1. The summed E-state index contributed by atoms with van der Waals surface area (Å²) in [6.45, 7) is 4.08. The minimum absolute atomic E-state index is 0.0663. The highest BCUT2D eigenvalue weighted by molar-refractivity contribution is 6.09. The average Bonchev–Trinajstić information content (AvgIpc) is 2.82. The van der Waals surface area contributed by atoms with Crippen LogP contribution in [0.25, 0.3) is 6.08 Å².